The van der Waals surface area contributed by atoms with Gasteiger partial charge < -0.3 is 10.0 Å². The van der Waals surface area contributed by atoms with E-state index in [9.17, 15) is 32.7 Å². The molecule has 2 aromatic rings. The minimum absolute atomic E-state index is 0.0128. The van der Waals surface area contributed by atoms with Crippen molar-refractivity contribution in [2.45, 2.75) is 76.6 Å². The molecule has 0 saturated heterocycles. The van der Waals surface area contributed by atoms with Gasteiger partial charge in [0.1, 0.15) is 0 Å². The van der Waals surface area contributed by atoms with Crippen molar-refractivity contribution in [3.05, 3.63) is 45.5 Å². The molecule has 3 aliphatic rings. The highest BCUT2D eigenvalue weighted by molar-refractivity contribution is 6.39. The zero-order chi connectivity index (χ0) is 29.2. The molecular weight excluding hydrogens is 572 g/mol. The third-order valence-electron chi connectivity index (χ3n) is 9.38. The number of rotatable bonds is 7. The molecule has 13 heteroatoms. The van der Waals surface area contributed by atoms with Crippen molar-refractivity contribution >= 4 is 40.9 Å². The van der Waals surface area contributed by atoms with E-state index in [1.54, 1.807) is 0 Å². The van der Waals surface area contributed by atoms with E-state index >= 15 is 0 Å². The van der Waals surface area contributed by atoms with Gasteiger partial charge in [-0.15, -0.1) is 0 Å². The van der Waals surface area contributed by atoms with Crippen molar-refractivity contribution in [2.75, 3.05) is 6.54 Å². The monoisotopic (exact) mass is 600 g/mol. The summed E-state index contributed by atoms with van der Waals surface area (Å²) in [7, 11) is 0. The second-order valence-corrected chi connectivity index (χ2v) is 12.4. The lowest BCUT2D eigenvalue weighted by Crippen LogP contribution is -2.48. The fourth-order valence-corrected chi connectivity index (χ4v) is 7.95. The number of carboxylic acids is 1. The van der Waals surface area contributed by atoms with Crippen molar-refractivity contribution < 1.29 is 32.7 Å². The maximum absolute atomic E-state index is 14.6. The molecule has 1 amide bonds. The first-order valence-corrected chi connectivity index (χ1v) is 14.0. The highest BCUT2D eigenvalue weighted by atomic mass is 35.5. The van der Waals surface area contributed by atoms with Gasteiger partial charge in [-0.25, -0.2) is 0 Å². The average molecular weight is 601 g/mol. The Balaban J connectivity index is 1.54. The van der Waals surface area contributed by atoms with Crippen molar-refractivity contribution in [3.8, 4) is 0 Å². The van der Waals surface area contributed by atoms with Crippen LogP contribution in [0.15, 0.2) is 18.6 Å². The normalized spacial score (nSPS) is 27.2. The molecule has 216 valence electrons. The molecule has 0 bridgehead atoms. The molecule has 0 spiro atoms. The van der Waals surface area contributed by atoms with Gasteiger partial charge >= 0.3 is 12.1 Å². The summed E-state index contributed by atoms with van der Waals surface area (Å²) in [5.41, 5.74) is -3.05. The minimum Gasteiger partial charge on any atom is -0.481 e. The number of carboxylic acid groups (broad SMARTS) is 1. The maximum Gasteiger partial charge on any atom is 0.433 e. The lowest BCUT2D eigenvalue weighted by atomic mass is 9.86. The van der Waals surface area contributed by atoms with Crippen LogP contribution >= 0.6 is 23.2 Å². The van der Waals surface area contributed by atoms with Crippen LogP contribution in [-0.4, -0.2) is 54.5 Å². The fourth-order valence-electron chi connectivity index (χ4n) is 7.37. The van der Waals surface area contributed by atoms with Crippen LogP contribution in [-0.2, 0) is 11.0 Å². The third-order valence-corrected chi connectivity index (χ3v) is 9.95. The van der Waals surface area contributed by atoms with Crippen LogP contribution in [0.4, 0.5) is 13.2 Å². The van der Waals surface area contributed by atoms with Crippen LogP contribution in [0.5, 0.6) is 0 Å². The van der Waals surface area contributed by atoms with Crippen LogP contribution in [0, 0.1) is 17.3 Å². The van der Waals surface area contributed by atoms with Crippen LogP contribution in [0.1, 0.15) is 91.2 Å². The number of carbonyl (C=O) groups is 3. The standard InChI is InChI=1S/C27H29Cl2F3N4O4/c1-25(2)20-4-3-9-26(20,25)35(13-19(37)21-17(28)11-33-12-18(21)29)23(38)16-10-34-36(22(16)27(30,31)32)15-7-5-14(6-8-15)24(39)40/h10-12,14-15,20H,3-9,13H2,1-2H3,(H,39,40). The predicted octanol–water partition coefficient (Wildman–Crippen LogP) is 6.32. The Morgan fingerprint density at radius 2 is 1.70 bits per heavy atom. The number of Topliss-reactive ketones (excluding diaryl/α,β-unsaturated/α-hetero) is 1. The molecule has 0 aliphatic heterocycles. The molecule has 2 heterocycles. The Morgan fingerprint density at radius 1 is 1.07 bits per heavy atom. The number of halogens is 5. The van der Waals surface area contributed by atoms with Crippen LogP contribution < -0.4 is 0 Å². The summed E-state index contributed by atoms with van der Waals surface area (Å²) in [6.07, 6.45) is 1.44. The molecule has 40 heavy (non-hydrogen) atoms. The Kier molecular flexibility index (Phi) is 7.22. The van der Waals surface area contributed by atoms with Crippen molar-refractivity contribution in [3.63, 3.8) is 0 Å². The highest BCUT2D eigenvalue weighted by Crippen LogP contribution is 2.73. The minimum atomic E-state index is -4.91. The number of carbonyl (C=O) groups excluding carboxylic acids is 2. The number of nitrogens with zero attached hydrogens (tertiary/aromatic N) is 4. The van der Waals surface area contributed by atoms with Crippen LogP contribution in [0.25, 0.3) is 0 Å². The molecular formula is C27H29Cl2F3N4O4. The third kappa shape index (κ3) is 4.49. The Labute approximate surface area is 238 Å². The maximum atomic E-state index is 14.6. The second kappa shape index (κ2) is 10.0. The van der Waals surface area contributed by atoms with E-state index in [1.165, 1.54) is 17.3 Å². The van der Waals surface area contributed by atoms with E-state index in [1.807, 2.05) is 13.8 Å². The van der Waals surface area contributed by atoms with E-state index in [0.717, 1.165) is 23.7 Å². The van der Waals surface area contributed by atoms with Gasteiger partial charge in [-0.05, 0) is 49.9 Å². The van der Waals surface area contributed by atoms with Gasteiger partial charge in [-0.1, -0.05) is 43.5 Å². The zero-order valence-electron chi connectivity index (χ0n) is 22.0. The SMILES string of the molecule is CC1(C)C2CCCC21N(CC(=O)c1c(Cl)cncc1Cl)C(=O)c1cnn(C2CCC(C(=O)O)CC2)c1C(F)(F)F. The number of pyridine rings is 1. The highest BCUT2D eigenvalue weighted by Gasteiger charge is 2.76. The number of hydrogen-bond acceptors (Lipinski definition) is 5. The summed E-state index contributed by atoms with van der Waals surface area (Å²) in [6.45, 7) is 3.42. The van der Waals surface area contributed by atoms with Crippen LogP contribution in [0.3, 0.4) is 0 Å². The number of alkyl halides is 3. The van der Waals surface area contributed by atoms with Gasteiger partial charge in [0.15, 0.2) is 11.5 Å². The first-order valence-electron chi connectivity index (χ1n) is 13.2. The lowest BCUT2D eigenvalue weighted by molar-refractivity contribution is -0.147. The molecule has 3 aliphatic carbocycles. The Bertz CT molecular complexity index is 1350. The Morgan fingerprint density at radius 3 is 2.23 bits per heavy atom. The molecule has 8 nitrogen and oxygen atoms in total. The molecule has 5 rings (SSSR count). The predicted molar refractivity (Wildman–Crippen MR) is 139 cm³/mol. The summed E-state index contributed by atoms with van der Waals surface area (Å²) in [5.74, 6) is -3.09. The molecule has 2 atom stereocenters. The van der Waals surface area contributed by atoms with Gasteiger partial charge in [0, 0.05) is 12.4 Å². The van der Waals surface area contributed by atoms with Crippen molar-refractivity contribution in [2.24, 2.45) is 17.3 Å². The Hall–Kier alpha value is -2.66. The zero-order valence-corrected chi connectivity index (χ0v) is 23.5. The summed E-state index contributed by atoms with van der Waals surface area (Å²) in [4.78, 5) is 44.1. The molecule has 1 N–H and O–H groups in total. The summed E-state index contributed by atoms with van der Waals surface area (Å²) in [6, 6.07) is -0.701. The topological polar surface area (TPSA) is 105 Å². The van der Waals surface area contributed by atoms with Gasteiger partial charge in [0.2, 0.25) is 0 Å². The van der Waals surface area contributed by atoms with E-state index in [0.29, 0.717) is 6.42 Å². The lowest BCUT2D eigenvalue weighted by Gasteiger charge is -2.34. The molecule has 2 aromatic heterocycles. The largest absolute Gasteiger partial charge is 0.481 e. The number of aromatic nitrogens is 3. The first kappa shape index (κ1) is 28.9. The van der Waals surface area contributed by atoms with Crippen molar-refractivity contribution in [1.29, 1.82) is 0 Å². The number of hydrogen-bond donors (Lipinski definition) is 1. The molecule has 0 radical (unpaired) electrons. The van der Waals surface area contributed by atoms with Gasteiger partial charge in [-0.3, -0.25) is 24.0 Å². The van der Waals surface area contributed by atoms with Gasteiger partial charge in [0.05, 0.1) is 51.4 Å². The van der Waals surface area contributed by atoms with E-state index in [-0.39, 0.29) is 47.2 Å². The number of aliphatic carboxylic acids is 1. The first-order chi connectivity index (χ1) is 18.7. The summed E-state index contributed by atoms with van der Waals surface area (Å²) < 4.78 is 44.5. The molecule has 3 fully saturated rings. The summed E-state index contributed by atoms with van der Waals surface area (Å²) >= 11 is 12.4. The van der Waals surface area contributed by atoms with E-state index in [2.05, 4.69) is 10.1 Å². The van der Waals surface area contributed by atoms with E-state index < -0.39 is 64.6 Å². The van der Waals surface area contributed by atoms with E-state index in [4.69, 9.17) is 23.2 Å². The quantitative estimate of drug-likeness (QED) is 0.373. The second-order valence-electron chi connectivity index (χ2n) is 11.6. The fraction of sp³-hybridized carbons (Fsp3) is 0.593. The van der Waals surface area contributed by atoms with Crippen LogP contribution in [0.2, 0.25) is 10.0 Å². The molecule has 2 unspecified atom stereocenters. The molecule has 3 saturated carbocycles. The van der Waals surface area contributed by atoms with Gasteiger partial charge in [0.25, 0.3) is 5.91 Å². The van der Waals surface area contributed by atoms with Gasteiger partial charge in [-0.2, -0.15) is 18.3 Å². The molecule has 0 aromatic carbocycles. The average Bonchev–Trinajstić information content (AvgIpc) is 3.33. The number of ketones is 1. The smallest absolute Gasteiger partial charge is 0.433 e. The number of amides is 1. The van der Waals surface area contributed by atoms with Crippen molar-refractivity contribution in [1.82, 2.24) is 19.7 Å². The number of fused-ring (bicyclic) bond motifs is 1. The summed E-state index contributed by atoms with van der Waals surface area (Å²) in [5, 5.41) is 13.3.